The zero-order valence-corrected chi connectivity index (χ0v) is 15.0. The lowest BCUT2D eigenvalue weighted by atomic mass is 9.83. The summed E-state index contributed by atoms with van der Waals surface area (Å²) in [6.45, 7) is 9.52. The van der Waals surface area contributed by atoms with Crippen LogP contribution in [0.3, 0.4) is 0 Å². The number of hydrogen-bond donors (Lipinski definition) is 0. The van der Waals surface area contributed by atoms with Gasteiger partial charge in [-0.3, -0.25) is 4.79 Å². The maximum Gasteiger partial charge on any atom is 0.306 e. The summed E-state index contributed by atoms with van der Waals surface area (Å²) in [4.78, 5) is 11.7. The molecule has 1 fully saturated rings. The zero-order valence-electron chi connectivity index (χ0n) is 15.0. The Hall–Kier alpha value is -1.51. The fraction of sp³-hybridized carbons (Fsp3) is 0.650. The van der Waals surface area contributed by atoms with Crippen LogP contribution in [-0.2, 0) is 16.0 Å². The van der Waals surface area contributed by atoms with E-state index in [4.69, 9.17) is 9.47 Å². The number of esters is 1. The minimum absolute atomic E-state index is 0.0404. The molecule has 0 saturated heterocycles. The molecule has 0 bridgehead atoms. The summed E-state index contributed by atoms with van der Waals surface area (Å²) in [6.07, 6.45) is 5.03. The predicted octanol–water partition coefficient (Wildman–Crippen LogP) is 4.70. The fourth-order valence-electron chi connectivity index (χ4n) is 2.69. The van der Waals surface area contributed by atoms with Gasteiger partial charge in [-0.05, 0) is 68.1 Å². The minimum Gasteiger partial charge on any atom is -0.493 e. The number of rotatable bonds is 9. The molecule has 3 heteroatoms. The zero-order chi connectivity index (χ0) is 16.9. The Bertz CT molecular complexity index is 530. The maximum atomic E-state index is 11.7. The van der Waals surface area contributed by atoms with Crippen molar-refractivity contribution in [1.82, 2.24) is 0 Å². The van der Waals surface area contributed by atoms with Crippen LogP contribution in [0.1, 0.15) is 57.6 Å². The lowest BCUT2D eigenvalue weighted by Gasteiger charge is -2.23. The van der Waals surface area contributed by atoms with Crippen molar-refractivity contribution in [2.24, 2.45) is 11.3 Å². The quantitative estimate of drug-likeness (QED) is 0.619. The highest BCUT2D eigenvalue weighted by atomic mass is 16.5. The second-order valence-electron chi connectivity index (χ2n) is 7.50. The highest BCUT2D eigenvalue weighted by Crippen LogP contribution is 2.31. The van der Waals surface area contributed by atoms with Crippen LogP contribution in [-0.4, -0.2) is 19.2 Å². The Labute approximate surface area is 140 Å². The summed E-state index contributed by atoms with van der Waals surface area (Å²) in [5.74, 6) is 1.68. The molecular formula is C20H30O3. The van der Waals surface area contributed by atoms with Crippen LogP contribution in [0.4, 0.5) is 0 Å². The summed E-state index contributed by atoms with van der Waals surface area (Å²) in [6, 6.07) is 6.45. The van der Waals surface area contributed by atoms with Gasteiger partial charge in [0.25, 0.3) is 0 Å². The first kappa shape index (κ1) is 17.8. The van der Waals surface area contributed by atoms with Gasteiger partial charge in [0, 0.05) is 0 Å². The molecule has 0 N–H and O–H groups in total. The smallest absolute Gasteiger partial charge is 0.306 e. The molecule has 0 radical (unpaired) electrons. The molecule has 1 saturated carbocycles. The standard InChI is InChI=1S/C20H30O3/c1-5-22-19(21)13-20(3,4)11-10-16-8-9-18(15(2)12-16)23-14-17-6-7-17/h8-9,12,17H,5-7,10-11,13-14H2,1-4H3. The van der Waals surface area contributed by atoms with Gasteiger partial charge < -0.3 is 9.47 Å². The molecule has 23 heavy (non-hydrogen) atoms. The number of benzene rings is 1. The number of carbonyl (C=O) groups is 1. The van der Waals surface area contributed by atoms with Crippen LogP contribution in [0.5, 0.6) is 5.75 Å². The third kappa shape index (κ3) is 6.25. The first-order valence-electron chi connectivity index (χ1n) is 8.77. The van der Waals surface area contributed by atoms with Crippen LogP contribution in [0.25, 0.3) is 0 Å². The molecule has 0 aliphatic heterocycles. The van der Waals surface area contributed by atoms with E-state index in [0.29, 0.717) is 13.0 Å². The van der Waals surface area contributed by atoms with Gasteiger partial charge in [-0.1, -0.05) is 26.0 Å². The van der Waals surface area contributed by atoms with Crippen molar-refractivity contribution in [3.05, 3.63) is 29.3 Å². The van der Waals surface area contributed by atoms with Gasteiger partial charge in [-0.25, -0.2) is 0 Å². The Kier molecular flexibility index (Phi) is 6.09. The molecule has 0 unspecified atom stereocenters. The van der Waals surface area contributed by atoms with E-state index >= 15 is 0 Å². The number of ether oxygens (including phenoxy) is 2. The molecule has 128 valence electrons. The van der Waals surface area contributed by atoms with Crippen LogP contribution < -0.4 is 4.74 Å². The molecular weight excluding hydrogens is 288 g/mol. The van der Waals surface area contributed by atoms with Crippen molar-refractivity contribution < 1.29 is 14.3 Å². The molecule has 0 amide bonds. The minimum atomic E-state index is -0.0995. The van der Waals surface area contributed by atoms with Crippen molar-refractivity contribution in [2.75, 3.05) is 13.2 Å². The van der Waals surface area contributed by atoms with Crippen molar-refractivity contribution in [3.63, 3.8) is 0 Å². The Morgan fingerprint density at radius 2 is 2.04 bits per heavy atom. The Morgan fingerprint density at radius 3 is 2.65 bits per heavy atom. The molecule has 2 rings (SSSR count). The number of carbonyl (C=O) groups excluding carboxylic acids is 1. The molecule has 1 aliphatic carbocycles. The third-order valence-corrected chi connectivity index (χ3v) is 4.43. The van der Waals surface area contributed by atoms with E-state index in [1.807, 2.05) is 6.92 Å². The van der Waals surface area contributed by atoms with E-state index in [1.54, 1.807) is 0 Å². The van der Waals surface area contributed by atoms with Gasteiger partial charge in [0.15, 0.2) is 0 Å². The Morgan fingerprint density at radius 1 is 1.30 bits per heavy atom. The largest absolute Gasteiger partial charge is 0.493 e. The molecule has 0 atom stereocenters. The van der Waals surface area contributed by atoms with E-state index < -0.39 is 0 Å². The molecule has 1 aliphatic rings. The lowest BCUT2D eigenvalue weighted by molar-refractivity contribution is -0.145. The van der Waals surface area contributed by atoms with E-state index in [0.717, 1.165) is 31.1 Å². The molecule has 1 aromatic rings. The normalized spacial score (nSPS) is 14.6. The van der Waals surface area contributed by atoms with Crippen LogP contribution in [0, 0.1) is 18.3 Å². The van der Waals surface area contributed by atoms with Gasteiger partial charge in [-0.15, -0.1) is 0 Å². The molecule has 0 heterocycles. The number of aryl methyl sites for hydroxylation is 2. The van der Waals surface area contributed by atoms with Gasteiger partial charge in [-0.2, -0.15) is 0 Å². The molecule has 3 nitrogen and oxygen atoms in total. The summed E-state index contributed by atoms with van der Waals surface area (Å²) in [5, 5.41) is 0. The van der Waals surface area contributed by atoms with Crippen molar-refractivity contribution in [3.8, 4) is 5.75 Å². The summed E-state index contributed by atoms with van der Waals surface area (Å²) in [5.41, 5.74) is 2.46. The first-order valence-corrected chi connectivity index (χ1v) is 8.77. The van der Waals surface area contributed by atoms with Crippen LogP contribution >= 0.6 is 0 Å². The van der Waals surface area contributed by atoms with Crippen LogP contribution in [0.15, 0.2) is 18.2 Å². The number of hydrogen-bond acceptors (Lipinski definition) is 3. The maximum absolute atomic E-state index is 11.7. The predicted molar refractivity (Wildman–Crippen MR) is 92.8 cm³/mol. The Balaban J connectivity index is 1.84. The fourth-order valence-corrected chi connectivity index (χ4v) is 2.69. The molecule has 1 aromatic carbocycles. The monoisotopic (exact) mass is 318 g/mol. The molecule has 0 spiro atoms. The van der Waals surface area contributed by atoms with E-state index in [9.17, 15) is 4.79 Å². The second kappa shape index (κ2) is 7.85. The van der Waals surface area contributed by atoms with E-state index in [2.05, 4.69) is 39.0 Å². The van der Waals surface area contributed by atoms with Gasteiger partial charge in [0.2, 0.25) is 0 Å². The summed E-state index contributed by atoms with van der Waals surface area (Å²) in [7, 11) is 0. The molecule has 0 aromatic heterocycles. The van der Waals surface area contributed by atoms with Crippen LogP contribution in [0.2, 0.25) is 0 Å². The average Bonchev–Trinajstić information content (AvgIpc) is 3.28. The van der Waals surface area contributed by atoms with Gasteiger partial charge >= 0.3 is 5.97 Å². The average molecular weight is 318 g/mol. The summed E-state index contributed by atoms with van der Waals surface area (Å²) < 4.78 is 10.9. The first-order chi connectivity index (χ1) is 10.9. The third-order valence-electron chi connectivity index (χ3n) is 4.43. The van der Waals surface area contributed by atoms with Crippen molar-refractivity contribution in [1.29, 1.82) is 0 Å². The SMILES string of the molecule is CCOC(=O)CC(C)(C)CCc1ccc(OCC2CC2)c(C)c1. The van der Waals surface area contributed by atoms with E-state index in [1.165, 1.54) is 24.0 Å². The highest BCUT2D eigenvalue weighted by Gasteiger charge is 2.23. The van der Waals surface area contributed by atoms with Crippen molar-refractivity contribution in [2.45, 2.75) is 59.8 Å². The van der Waals surface area contributed by atoms with Crippen molar-refractivity contribution >= 4 is 5.97 Å². The highest BCUT2D eigenvalue weighted by molar-refractivity contribution is 5.70. The topological polar surface area (TPSA) is 35.5 Å². The van der Waals surface area contributed by atoms with Gasteiger partial charge in [0.05, 0.1) is 19.6 Å². The lowest BCUT2D eigenvalue weighted by Crippen LogP contribution is -2.19. The van der Waals surface area contributed by atoms with Gasteiger partial charge in [0.1, 0.15) is 5.75 Å². The second-order valence-corrected chi connectivity index (χ2v) is 7.50. The van der Waals surface area contributed by atoms with E-state index in [-0.39, 0.29) is 11.4 Å². The summed E-state index contributed by atoms with van der Waals surface area (Å²) >= 11 is 0.